The summed E-state index contributed by atoms with van der Waals surface area (Å²) in [6, 6.07) is 2.54. The van der Waals surface area contributed by atoms with E-state index >= 15 is 0 Å². The van der Waals surface area contributed by atoms with Gasteiger partial charge in [-0.05, 0) is 26.8 Å². The van der Waals surface area contributed by atoms with Gasteiger partial charge in [0.2, 0.25) is 5.91 Å². The Morgan fingerprint density at radius 3 is 2.32 bits per heavy atom. The van der Waals surface area contributed by atoms with Gasteiger partial charge in [0.15, 0.2) is 0 Å². The molecule has 1 amide bonds. The first-order valence-electron chi connectivity index (χ1n) is 7.41. The average molecular weight is 265 g/mol. The standard InChI is InChI=1S/C15H27N3O/c1-5-7-15(12-16,8-6-2)14(19)18-10-9-17(4)11-13(18)3/h13H,5-11H2,1-4H3. The van der Waals surface area contributed by atoms with E-state index in [1.165, 1.54) is 0 Å². The van der Waals surface area contributed by atoms with Crippen LogP contribution in [0.2, 0.25) is 0 Å². The highest BCUT2D eigenvalue weighted by Crippen LogP contribution is 2.32. The number of likely N-dealkylation sites (N-methyl/N-ethyl adjacent to an activating group) is 1. The van der Waals surface area contributed by atoms with Gasteiger partial charge < -0.3 is 9.80 Å². The minimum atomic E-state index is -0.798. The molecular formula is C15H27N3O. The lowest BCUT2D eigenvalue weighted by Crippen LogP contribution is -2.56. The van der Waals surface area contributed by atoms with Crippen LogP contribution in [0.15, 0.2) is 0 Å². The van der Waals surface area contributed by atoms with Crippen molar-refractivity contribution in [2.45, 2.75) is 52.5 Å². The molecule has 0 saturated carbocycles. The summed E-state index contributed by atoms with van der Waals surface area (Å²) in [6.45, 7) is 8.70. The van der Waals surface area contributed by atoms with Crippen LogP contribution in [0, 0.1) is 16.7 Å². The van der Waals surface area contributed by atoms with Gasteiger partial charge in [0, 0.05) is 25.7 Å². The molecule has 1 rings (SSSR count). The van der Waals surface area contributed by atoms with Crippen LogP contribution in [0.25, 0.3) is 0 Å². The Kier molecular flexibility index (Phi) is 5.81. The third-order valence-corrected chi connectivity index (χ3v) is 4.07. The van der Waals surface area contributed by atoms with E-state index in [0.717, 1.165) is 32.5 Å². The molecule has 1 unspecified atom stereocenters. The number of amides is 1. The molecule has 1 aliphatic rings. The largest absolute Gasteiger partial charge is 0.336 e. The first-order valence-corrected chi connectivity index (χ1v) is 7.41. The summed E-state index contributed by atoms with van der Waals surface area (Å²) >= 11 is 0. The number of hydrogen-bond donors (Lipinski definition) is 0. The van der Waals surface area contributed by atoms with Gasteiger partial charge in [0.05, 0.1) is 6.07 Å². The van der Waals surface area contributed by atoms with Crippen molar-refractivity contribution in [3.8, 4) is 6.07 Å². The van der Waals surface area contributed by atoms with Crippen molar-refractivity contribution < 1.29 is 4.79 Å². The van der Waals surface area contributed by atoms with E-state index in [9.17, 15) is 10.1 Å². The maximum absolute atomic E-state index is 12.8. The quantitative estimate of drug-likeness (QED) is 0.766. The lowest BCUT2D eigenvalue weighted by molar-refractivity contribution is -0.144. The maximum Gasteiger partial charge on any atom is 0.243 e. The third kappa shape index (κ3) is 3.48. The van der Waals surface area contributed by atoms with Gasteiger partial charge in [-0.25, -0.2) is 0 Å². The Bertz CT molecular complexity index is 342. The second-order valence-corrected chi connectivity index (χ2v) is 5.80. The SMILES string of the molecule is CCCC(C#N)(CCC)C(=O)N1CCN(C)CC1C. The Morgan fingerprint density at radius 1 is 1.32 bits per heavy atom. The minimum Gasteiger partial charge on any atom is -0.336 e. The fraction of sp³-hybridized carbons (Fsp3) is 0.867. The summed E-state index contributed by atoms with van der Waals surface area (Å²) in [5, 5.41) is 9.57. The normalized spacial score (nSPS) is 21.2. The molecule has 0 spiro atoms. The van der Waals surface area contributed by atoms with E-state index in [1.807, 2.05) is 18.7 Å². The van der Waals surface area contributed by atoms with E-state index in [1.54, 1.807) is 0 Å². The van der Waals surface area contributed by atoms with Gasteiger partial charge in [0.25, 0.3) is 0 Å². The first kappa shape index (κ1) is 16.0. The van der Waals surface area contributed by atoms with E-state index < -0.39 is 5.41 Å². The first-order chi connectivity index (χ1) is 9.00. The van der Waals surface area contributed by atoms with Crippen molar-refractivity contribution in [3.63, 3.8) is 0 Å². The third-order valence-electron chi connectivity index (χ3n) is 4.07. The monoisotopic (exact) mass is 265 g/mol. The molecule has 1 saturated heterocycles. The summed E-state index contributed by atoms with van der Waals surface area (Å²) in [7, 11) is 2.08. The van der Waals surface area contributed by atoms with E-state index in [-0.39, 0.29) is 11.9 Å². The van der Waals surface area contributed by atoms with Crippen molar-refractivity contribution in [3.05, 3.63) is 0 Å². The molecule has 1 fully saturated rings. The molecule has 0 aromatic rings. The topological polar surface area (TPSA) is 47.3 Å². The average Bonchev–Trinajstić information content (AvgIpc) is 2.37. The molecule has 4 nitrogen and oxygen atoms in total. The van der Waals surface area contributed by atoms with Crippen molar-refractivity contribution in [2.75, 3.05) is 26.7 Å². The van der Waals surface area contributed by atoms with Crippen molar-refractivity contribution in [1.82, 2.24) is 9.80 Å². The summed E-state index contributed by atoms with van der Waals surface area (Å²) in [5.41, 5.74) is -0.798. The van der Waals surface area contributed by atoms with Crippen LogP contribution in [0.5, 0.6) is 0 Å². The van der Waals surface area contributed by atoms with Crippen LogP contribution >= 0.6 is 0 Å². The molecule has 0 radical (unpaired) electrons. The molecule has 1 heterocycles. The van der Waals surface area contributed by atoms with Crippen LogP contribution < -0.4 is 0 Å². The van der Waals surface area contributed by atoms with E-state index in [0.29, 0.717) is 12.8 Å². The zero-order valence-electron chi connectivity index (χ0n) is 12.8. The molecule has 0 aliphatic carbocycles. The molecule has 1 atom stereocenters. The number of hydrogen-bond acceptors (Lipinski definition) is 3. The lowest BCUT2D eigenvalue weighted by Gasteiger charge is -2.41. The number of piperazine rings is 1. The zero-order valence-corrected chi connectivity index (χ0v) is 12.8. The molecule has 19 heavy (non-hydrogen) atoms. The Hall–Kier alpha value is -1.08. The molecule has 4 heteroatoms. The molecule has 0 bridgehead atoms. The Balaban J connectivity index is 2.90. The van der Waals surface area contributed by atoms with Gasteiger partial charge in [-0.1, -0.05) is 26.7 Å². The van der Waals surface area contributed by atoms with E-state index in [2.05, 4.69) is 24.9 Å². The number of carbonyl (C=O) groups is 1. The predicted octanol–water partition coefficient (Wildman–Crippen LogP) is 2.26. The lowest BCUT2D eigenvalue weighted by atomic mass is 9.79. The van der Waals surface area contributed by atoms with Crippen LogP contribution in [0.3, 0.4) is 0 Å². The van der Waals surface area contributed by atoms with Gasteiger partial charge in [0.1, 0.15) is 5.41 Å². The highest BCUT2D eigenvalue weighted by molar-refractivity contribution is 5.85. The van der Waals surface area contributed by atoms with Crippen molar-refractivity contribution in [1.29, 1.82) is 5.26 Å². The molecular weight excluding hydrogens is 238 g/mol. The predicted molar refractivity (Wildman–Crippen MR) is 76.5 cm³/mol. The highest BCUT2D eigenvalue weighted by Gasteiger charge is 2.42. The van der Waals surface area contributed by atoms with Gasteiger partial charge in [-0.15, -0.1) is 0 Å². The number of rotatable bonds is 5. The van der Waals surface area contributed by atoms with Crippen molar-refractivity contribution in [2.24, 2.45) is 5.41 Å². The van der Waals surface area contributed by atoms with Crippen molar-refractivity contribution >= 4 is 5.91 Å². The molecule has 108 valence electrons. The van der Waals surface area contributed by atoms with Crippen LogP contribution in [-0.4, -0.2) is 48.4 Å². The molecule has 0 aromatic heterocycles. The minimum absolute atomic E-state index is 0.0549. The van der Waals surface area contributed by atoms with Crippen LogP contribution in [-0.2, 0) is 4.79 Å². The van der Waals surface area contributed by atoms with Gasteiger partial charge in [-0.3, -0.25) is 4.79 Å². The summed E-state index contributed by atoms with van der Waals surface area (Å²) in [6.07, 6.45) is 3.10. The number of nitriles is 1. The maximum atomic E-state index is 12.8. The molecule has 1 aliphatic heterocycles. The second-order valence-electron chi connectivity index (χ2n) is 5.80. The Labute approximate surface area is 117 Å². The highest BCUT2D eigenvalue weighted by atomic mass is 16.2. The summed E-state index contributed by atoms with van der Waals surface area (Å²) in [4.78, 5) is 17.0. The number of nitrogens with zero attached hydrogens (tertiary/aromatic N) is 3. The zero-order chi connectivity index (χ0) is 14.5. The fourth-order valence-electron chi connectivity index (χ4n) is 3.07. The second kappa shape index (κ2) is 6.91. The number of carbonyl (C=O) groups excluding carboxylic acids is 1. The Morgan fingerprint density at radius 2 is 1.89 bits per heavy atom. The van der Waals surface area contributed by atoms with Gasteiger partial charge >= 0.3 is 0 Å². The smallest absolute Gasteiger partial charge is 0.243 e. The van der Waals surface area contributed by atoms with Gasteiger partial charge in [-0.2, -0.15) is 5.26 Å². The summed E-state index contributed by atoms with van der Waals surface area (Å²) in [5.74, 6) is 0.0549. The summed E-state index contributed by atoms with van der Waals surface area (Å²) < 4.78 is 0. The van der Waals surface area contributed by atoms with Crippen LogP contribution in [0.4, 0.5) is 0 Å². The molecule has 0 N–H and O–H groups in total. The van der Waals surface area contributed by atoms with Crippen LogP contribution in [0.1, 0.15) is 46.5 Å². The van der Waals surface area contributed by atoms with E-state index in [4.69, 9.17) is 0 Å². The fourth-order valence-corrected chi connectivity index (χ4v) is 3.07. The molecule has 0 aromatic carbocycles.